The largest absolute Gasteiger partial charge is 0.497 e. The first-order chi connectivity index (χ1) is 13.6. The average Bonchev–Trinajstić information content (AvgIpc) is 3.08. The van der Waals surface area contributed by atoms with E-state index >= 15 is 0 Å². The monoisotopic (exact) mass is 418 g/mol. The molecule has 2 amide bonds. The van der Waals surface area contributed by atoms with E-state index in [0.717, 1.165) is 17.7 Å². The lowest BCUT2D eigenvalue weighted by Crippen LogP contribution is -2.42. The first kappa shape index (κ1) is 22.8. The SMILES string of the molecule is COc1cccc(-c2nnc(NC(=O)[C@@H](C)NC(=O)C[C@@H](C)CC(C)(C)C)s2)c1. The van der Waals surface area contributed by atoms with Gasteiger partial charge >= 0.3 is 0 Å². The Labute approximate surface area is 176 Å². The summed E-state index contributed by atoms with van der Waals surface area (Å²) >= 11 is 1.26. The number of methoxy groups -OCH3 is 1. The summed E-state index contributed by atoms with van der Waals surface area (Å²) < 4.78 is 5.22. The highest BCUT2D eigenvalue weighted by atomic mass is 32.1. The molecular weight excluding hydrogens is 388 g/mol. The maximum atomic E-state index is 12.4. The van der Waals surface area contributed by atoms with E-state index in [1.165, 1.54) is 11.3 Å². The van der Waals surface area contributed by atoms with Crippen molar-refractivity contribution in [3.8, 4) is 16.3 Å². The van der Waals surface area contributed by atoms with E-state index in [1.54, 1.807) is 14.0 Å². The van der Waals surface area contributed by atoms with Gasteiger partial charge in [-0.2, -0.15) is 0 Å². The second-order valence-electron chi connectivity index (χ2n) is 8.50. The fourth-order valence-corrected chi connectivity index (χ4v) is 3.90. The first-order valence-electron chi connectivity index (χ1n) is 9.65. The van der Waals surface area contributed by atoms with Crippen LogP contribution in [-0.4, -0.2) is 35.2 Å². The number of aromatic nitrogens is 2. The van der Waals surface area contributed by atoms with E-state index in [-0.39, 0.29) is 23.1 Å². The van der Waals surface area contributed by atoms with E-state index in [4.69, 9.17) is 4.74 Å². The predicted octanol–water partition coefficient (Wildman–Crippen LogP) is 4.12. The maximum Gasteiger partial charge on any atom is 0.248 e. The van der Waals surface area contributed by atoms with Gasteiger partial charge in [-0.3, -0.25) is 14.9 Å². The number of nitrogens with zero attached hydrogens (tertiary/aromatic N) is 2. The number of nitrogens with one attached hydrogen (secondary N) is 2. The normalized spacial score (nSPS) is 13.4. The molecule has 0 aliphatic heterocycles. The smallest absolute Gasteiger partial charge is 0.248 e. The minimum atomic E-state index is -0.659. The topological polar surface area (TPSA) is 93.2 Å². The van der Waals surface area contributed by atoms with Crippen LogP contribution < -0.4 is 15.4 Å². The third-order valence-corrected chi connectivity index (χ3v) is 5.13. The molecule has 1 aromatic heterocycles. The number of carbonyl (C=O) groups excluding carboxylic acids is 2. The fourth-order valence-electron chi connectivity index (χ4n) is 3.16. The summed E-state index contributed by atoms with van der Waals surface area (Å²) in [7, 11) is 1.60. The minimum Gasteiger partial charge on any atom is -0.497 e. The number of rotatable bonds is 8. The van der Waals surface area contributed by atoms with Crippen molar-refractivity contribution in [1.29, 1.82) is 0 Å². The van der Waals surface area contributed by atoms with E-state index < -0.39 is 6.04 Å². The number of anilines is 1. The van der Waals surface area contributed by atoms with Crippen molar-refractivity contribution >= 4 is 28.3 Å². The van der Waals surface area contributed by atoms with Crippen LogP contribution in [0.2, 0.25) is 0 Å². The quantitative estimate of drug-likeness (QED) is 0.673. The molecule has 1 heterocycles. The Hall–Kier alpha value is -2.48. The van der Waals surface area contributed by atoms with Gasteiger partial charge in [0.25, 0.3) is 0 Å². The lowest BCUT2D eigenvalue weighted by Gasteiger charge is -2.23. The Kier molecular flexibility index (Phi) is 7.73. The first-order valence-corrected chi connectivity index (χ1v) is 10.5. The summed E-state index contributed by atoms with van der Waals surface area (Å²) in [5.74, 6) is 0.521. The van der Waals surface area contributed by atoms with Gasteiger partial charge in [-0.05, 0) is 36.8 Å². The van der Waals surface area contributed by atoms with Gasteiger partial charge in [0.1, 0.15) is 16.8 Å². The molecule has 0 saturated heterocycles. The molecule has 8 heteroatoms. The predicted molar refractivity (Wildman–Crippen MR) is 116 cm³/mol. The third kappa shape index (κ3) is 7.45. The lowest BCUT2D eigenvalue weighted by molar-refractivity contribution is -0.126. The Balaban J connectivity index is 1.89. The second-order valence-corrected chi connectivity index (χ2v) is 9.47. The summed E-state index contributed by atoms with van der Waals surface area (Å²) in [5.41, 5.74) is 1.03. The van der Waals surface area contributed by atoms with Crippen LogP contribution in [0.15, 0.2) is 24.3 Å². The number of ether oxygens (including phenoxy) is 1. The van der Waals surface area contributed by atoms with Crippen molar-refractivity contribution in [2.24, 2.45) is 11.3 Å². The van der Waals surface area contributed by atoms with Gasteiger partial charge in [0.15, 0.2) is 0 Å². The summed E-state index contributed by atoms with van der Waals surface area (Å²) in [6.45, 7) is 10.2. The van der Waals surface area contributed by atoms with Crippen LogP contribution in [0.1, 0.15) is 47.5 Å². The Morgan fingerprint density at radius 1 is 1.21 bits per heavy atom. The van der Waals surface area contributed by atoms with E-state index in [0.29, 0.717) is 16.6 Å². The van der Waals surface area contributed by atoms with Gasteiger partial charge in [0.2, 0.25) is 16.9 Å². The molecule has 0 aliphatic rings. The van der Waals surface area contributed by atoms with E-state index in [2.05, 4.69) is 48.5 Å². The molecule has 0 fully saturated rings. The zero-order valence-electron chi connectivity index (χ0n) is 17.9. The van der Waals surface area contributed by atoms with Gasteiger partial charge in [-0.25, -0.2) is 0 Å². The van der Waals surface area contributed by atoms with Crippen molar-refractivity contribution in [2.75, 3.05) is 12.4 Å². The number of benzene rings is 1. The van der Waals surface area contributed by atoms with Crippen LogP contribution in [0.3, 0.4) is 0 Å². The van der Waals surface area contributed by atoms with Crippen LogP contribution in [0.5, 0.6) is 5.75 Å². The summed E-state index contributed by atoms with van der Waals surface area (Å²) in [6, 6.07) is 6.81. The fraction of sp³-hybridized carbons (Fsp3) is 0.524. The van der Waals surface area contributed by atoms with Gasteiger partial charge < -0.3 is 10.1 Å². The van der Waals surface area contributed by atoms with Crippen LogP contribution in [0, 0.1) is 11.3 Å². The molecular formula is C21H30N4O3S. The van der Waals surface area contributed by atoms with Crippen LogP contribution in [-0.2, 0) is 9.59 Å². The molecule has 2 rings (SSSR count). The molecule has 0 spiro atoms. The summed E-state index contributed by atoms with van der Waals surface area (Å²) in [4.78, 5) is 24.6. The highest BCUT2D eigenvalue weighted by molar-refractivity contribution is 7.18. The van der Waals surface area contributed by atoms with Crippen molar-refractivity contribution in [2.45, 2.75) is 53.5 Å². The Morgan fingerprint density at radius 3 is 2.59 bits per heavy atom. The molecule has 2 aromatic rings. The highest BCUT2D eigenvalue weighted by Gasteiger charge is 2.21. The molecule has 158 valence electrons. The van der Waals surface area contributed by atoms with Gasteiger partial charge in [0.05, 0.1) is 7.11 Å². The number of hydrogen-bond donors (Lipinski definition) is 2. The molecule has 0 saturated carbocycles. The van der Waals surface area contributed by atoms with Gasteiger partial charge in [-0.1, -0.05) is 51.2 Å². The molecule has 2 atom stereocenters. The Bertz CT molecular complexity index is 844. The van der Waals surface area contributed by atoms with E-state index in [1.807, 2.05) is 24.3 Å². The van der Waals surface area contributed by atoms with Gasteiger partial charge in [0, 0.05) is 12.0 Å². The molecule has 1 aromatic carbocycles. The summed E-state index contributed by atoms with van der Waals surface area (Å²) in [6.07, 6.45) is 1.34. The molecule has 0 aliphatic carbocycles. The molecule has 0 radical (unpaired) electrons. The van der Waals surface area contributed by atoms with Gasteiger partial charge in [-0.15, -0.1) is 10.2 Å². The maximum absolute atomic E-state index is 12.4. The van der Waals surface area contributed by atoms with Crippen molar-refractivity contribution < 1.29 is 14.3 Å². The average molecular weight is 419 g/mol. The zero-order chi connectivity index (χ0) is 21.6. The second kappa shape index (κ2) is 9.82. The summed E-state index contributed by atoms with van der Waals surface area (Å²) in [5, 5.41) is 14.7. The number of amides is 2. The zero-order valence-corrected chi connectivity index (χ0v) is 18.7. The van der Waals surface area contributed by atoms with Crippen molar-refractivity contribution in [1.82, 2.24) is 15.5 Å². The molecule has 2 N–H and O–H groups in total. The van der Waals surface area contributed by atoms with Crippen LogP contribution >= 0.6 is 11.3 Å². The molecule has 0 unspecified atom stereocenters. The Morgan fingerprint density at radius 2 is 1.93 bits per heavy atom. The minimum absolute atomic E-state index is 0.126. The molecule has 7 nitrogen and oxygen atoms in total. The molecule has 29 heavy (non-hydrogen) atoms. The van der Waals surface area contributed by atoms with Crippen molar-refractivity contribution in [3.05, 3.63) is 24.3 Å². The lowest BCUT2D eigenvalue weighted by atomic mass is 9.84. The van der Waals surface area contributed by atoms with E-state index in [9.17, 15) is 9.59 Å². The standard InChI is InChI=1S/C21H30N4O3S/c1-13(12-21(3,4)5)10-17(26)22-14(2)18(27)23-20-25-24-19(29-20)15-8-7-9-16(11-15)28-6/h7-9,11,13-14H,10,12H2,1-6H3,(H,22,26)(H,23,25,27)/t13-,14-/m1/s1. The van der Waals surface area contributed by atoms with Crippen LogP contribution in [0.25, 0.3) is 10.6 Å². The molecule has 0 bridgehead atoms. The number of carbonyl (C=O) groups is 2. The van der Waals surface area contributed by atoms with Crippen molar-refractivity contribution in [3.63, 3.8) is 0 Å². The van der Waals surface area contributed by atoms with Crippen LogP contribution in [0.4, 0.5) is 5.13 Å². The number of hydrogen-bond acceptors (Lipinski definition) is 6. The third-order valence-electron chi connectivity index (χ3n) is 4.24. The highest BCUT2D eigenvalue weighted by Crippen LogP contribution is 2.29.